The number of H-pyrrole nitrogens is 1. The first-order valence-electron chi connectivity index (χ1n) is 4.15. The van der Waals surface area contributed by atoms with E-state index in [9.17, 15) is 4.79 Å². The third-order valence-corrected chi connectivity index (χ3v) is 1.75. The first-order valence-corrected chi connectivity index (χ1v) is 4.15. The Kier molecular flexibility index (Phi) is 3.26. The SMILES string of the molecule is C#CCC(N)C(=O)Nc1[nH]ncc1C. The molecule has 0 aromatic carbocycles. The number of terminal acetylenes is 1. The average Bonchev–Trinajstić information content (AvgIpc) is 2.52. The van der Waals surface area contributed by atoms with E-state index in [-0.39, 0.29) is 12.3 Å². The highest BCUT2D eigenvalue weighted by Crippen LogP contribution is 2.08. The van der Waals surface area contributed by atoms with Crippen LogP contribution in [0.3, 0.4) is 0 Å². The molecule has 0 saturated carbocycles. The van der Waals surface area contributed by atoms with Gasteiger partial charge in [0.25, 0.3) is 0 Å². The molecule has 4 N–H and O–H groups in total. The van der Waals surface area contributed by atoms with E-state index in [1.807, 2.05) is 6.92 Å². The Labute approximate surface area is 82.1 Å². The van der Waals surface area contributed by atoms with Crippen LogP contribution in [0.15, 0.2) is 6.20 Å². The molecule has 5 heteroatoms. The van der Waals surface area contributed by atoms with Gasteiger partial charge in [0.2, 0.25) is 5.91 Å². The highest BCUT2D eigenvalue weighted by atomic mass is 16.2. The summed E-state index contributed by atoms with van der Waals surface area (Å²) in [7, 11) is 0. The number of aromatic nitrogens is 2. The predicted molar refractivity (Wildman–Crippen MR) is 53.4 cm³/mol. The summed E-state index contributed by atoms with van der Waals surface area (Å²) in [6.45, 7) is 1.83. The molecule has 0 aliphatic carbocycles. The summed E-state index contributed by atoms with van der Waals surface area (Å²) in [4.78, 5) is 11.4. The minimum absolute atomic E-state index is 0.221. The third kappa shape index (κ3) is 2.34. The van der Waals surface area contributed by atoms with Crippen LogP contribution in [-0.4, -0.2) is 22.1 Å². The minimum atomic E-state index is -0.678. The topological polar surface area (TPSA) is 83.8 Å². The van der Waals surface area contributed by atoms with Crippen molar-refractivity contribution < 1.29 is 4.79 Å². The lowest BCUT2D eigenvalue weighted by Gasteiger charge is -2.08. The van der Waals surface area contributed by atoms with Crippen molar-refractivity contribution in [2.45, 2.75) is 19.4 Å². The van der Waals surface area contributed by atoms with E-state index in [2.05, 4.69) is 21.4 Å². The first kappa shape index (κ1) is 10.3. The van der Waals surface area contributed by atoms with Crippen molar-refractivity contribution in [3.63, 3.8) is 0 Å². The number of hydrogen-bond donors (Lipinski definition) is 3. The third-order valence-electron chi connectivity index (χ3n) is 1.75. The Bertz CT molecular complexity index is 363. The highest BCUT2D eigenvalue weighted by molar-refractivity contribution is 5.94. The largest absolute Gasteiger partial charge is 0.319 e. The molecule has 0 aliphatic rings. The van der Waals surface area contributed by atoms with Gasteiger partial charge < -0.3 is 11.1 Å². The Morgan fingerprint density at radius 1 is 1.93 bits per heavy atom. The van der Waals surface area contributed by atoms with Gasteiger partial charge in [-0.2, -0.15) is 5.10 Å². The number of rotatable bonds is 3. The number of nitrogens with two attached hydrogens (primary N) is 1. The lowest BCUT2D eigenvalue weighted by atomic mass is 10.2. The van der Waals surface area contributed by atoms with E-state index in [0.717, 1.165) is 5.56 Å². The van der Waals surface area contributed by atoms with Crippen LogP contribution in [0, 0.1) is 19.3 Å². The van der Waals surface area contributed by atoms with Gasteiger partial charge in [-0.05, 0) is 6.92 Å². The molecule has 1 aromatic heterocycles. The van der Waals surface area contributed by atoms with Crippen molar-refractivity contribution >= 4 is 11.7 Å². The fourth-order valence-corrected chi connectivity index (χ4v) is 0.908. The van der Waals surface area contributed by atoms with Crippen LogP contribution in [0.1, 0.15) is 12.0 Å². The molecule has 0 saturated heterocycles. The number of nitrogens with zero attached hydrogens (tertiary/aromatic N) is 1. The molecule has 0 fully saturated rings. The molecule has 1 amide bonds. The zero-order valence-electron chi connectivity index (χ0n) is 7.87. The maximum absolute atomic E-state index is 11.4. The maximum Gasteiger partial charge on any atom is 0.243 e. The first-order chi connectivity index (χ1) is 6.65. The molecular formula is C9H12N4O. The van der Waals surface area contributed by atoms with Gasteiger partial charge in [-0.1, -0.05) is 0 Å². The van der Waals surface area contributed by atoms with Crippen molar-refractivity contribution in [1.29, 1.82) is 0 Å². The van der Waals surface area contributed by atoms with Crippen LogP contribution in [-0.2, 0) is 4.79 Å². The van der Waals surface area contributed by atoms with Crippen molar-refractivity contribution in [2.24, 2.45) is 5.73 Å². The monoisotopic (exact) mass is 192 g/mol. The zero-order chi connectivity index (χ0) is 10.6. The van der Waals surface area contributed by atoms with Crippen molar-refractivity contribution in [3.05, 3.63) is 11.8 Å². The van der Waals surface area contributed by atoms with Crippen LogP contribution in [0.5, 0.6) is 0 Å². The van der Waals surface area contributed by atoms with E-state index >= 15 is 0 Å². The molecule has 0 spiro atoms. The van der Waals surface area contributed by atoms with Crippen molar-refractivity contribution in [3.8, 4) is 12.3 Å². The number of hydrogen-bond acceptors (Lipinski definition) is 3. The summed E-state index contributed by atoms with van der Waals surface area (Å²) in [5.74, 6) is 2.58. The Morgan fingerprint density at radius 2 is 2.64 bits per heavy atom. The van der Waals surface area contributed by atoms with Gasteiger partial charge in [-0.15, -0.1) is 12.3 Å². The van der Waals surface area contributed by atoms with Gasteiger partial charge >= 0.3 is 0 Å². The fraction of sp³-hybridized carbons (Fsp3) is 0.333. The molecule has 0 bridgehead atoms. The number of aromatic amines is 1. The Hall–Kier alpha value is -1.80. The number of carbonyl (C=O) groups excluding carboxylic acids is 1. The molecule has 1 atom stereocenters. The lowest BCUT2D eigenvalue weighted by molar-refractivity contribution is -0.117. The number of amides is 1. The molecule has 1 rings (SSSR count). The van der Waals surface area contributed by atoms with Gasteiger partial charge in [0.05, 0.1) is 12.2 Å². The van der Waals surface area contributed by atoms with E-state index in [1.54, 1.807) is 6.20 Å². The smallest absolute Gasteiger partial charge is 0.243 e. The summed E-state index contributed by atoms with van der Waals surface area (Å²) in [6.07, 6.45) is 6.88. The molecule has 14 heavy (non-hydrogen) atoms. The zero-order valence-corrected chi connectivity index (χ0v) is 7.87. The van der Waals surface area contributed by atoms with Crippen LogP contribution in [0.25, 0.3) is 0 Å². The van der Waals surface area contributed by atoms with E-state index in [1.165, 1.54) is 0 Å². The minimum Gasteiger partial charge on any atom is -0.319 e. The fourth-order valence-electron chi connectivity index (χ4n) is 0.908. The summed E-state index contributed by atoms with van der Waals surface area (Å²) in [5, 5.41) is 9.00. The molecule has 0 aliphatic heterocycles. The summed E-state index contributed by atoms with van der Waals surface area (Å²) >= 11 is 0. The molecule has 74 valence electrons. The van der Waals surface area contributed by atoms with E-state index < -0.39 is 6.04 Å². The average molecular weight is 192 g/mol. The van der Waals surface area contributed by atoms with Gasteiger partial charge in [0.1, 0.15) is 5.82 Å². The maximum atomic E-state index is 11.4. The molecule has 0 radical (unpaired) electrons. The second-order valence-corrected chi connectivity index (χ2v) is 2.93. The van der Waals surface area contributed by atoms with Crippen molar-refractivity contribution in [1.82, 2.24) is 10.2 Å². The molecule has 1 unspecified atom stereocenters. The molecular weight excluding hydrogens is 180 g/mol. The predicted octanol–water partition coefficient (Wildman–Crippen LogP) is 0.00722. The Balaban J connectivity index is 2.58. The molecule has 1 aromatic rings. The van der Waals surface area contributed by atoms with Gasteiger partial charge in [-0.3, -0.25) is 9.89 Å². The van der Waals surface area contributed by atoms with Gasteiger partial charge in [-0.25, -0.2) is 0 Å². The number of nitrogens with one attached hydrogen (secondary N) is 2. The van der Waals surface area contributed by atoms with Crippen LogP contribution in [0.4, 0.5) is 5.82 Å². The standard InChI is InChI=1S/C9H12N4O/c1-3-4-7(10)9(14)12-8-6(2)5-11-13-8/h1,5,7H,4,10H2,2H3,(H2,11,12,13,14). The second kappa shape index (κ2) is 4.44. The van der Waals surface area contributed by atoms with Gasteiger partial charge in [0, 0.05) is 12.0 Å². The highest BCUT2D eigenvalue weighted by Gasteiger charge is 2.13. The number of anilines is 1. The molecule has 1 heterocycles. The molecule has 5 nitrogen and oxygen atoms in total. The number of carbonyl (C=O) groups is 1. The normalized spacial score (nSPS) is 11.8. The van der Waals surface area contributed by atoms with Crippen molar-refractivity contribution in [2.75, 3.05) is 5.32 Å². The second-order valence-electron chi connectivity index (χ2n) is 2.93. The summed E-state index contributed by atoms with van der Waals surface area (Å²) in [6, 6.07) is -0.678. The quantitative estimate of drug-likeness (QED) is 0.590. The lowest BCUT2D eigenvalue weighted by Crippen LogP contribution is -2.35. The van der Waals surface area contributed by atoms with Crippen LogP contribution in [0.2, 0.25) is 0 Å². The summed E-state index contributed by atoms with van der Waals surface area (Å²) < 4.78 is 0. The van der Waals surface area contributed by atoms with Crippen LogP contribution < -0.4 is 11.1 Å². The van der Waals surface area contributed by atoms with E-state index in [4.69, 9.17) is 12.2 Å². The van der Waals surface area contributed by atoms with E-state index in [0.29, 0.717) is 5.82 Å². The van der Waals surface area contributed by atoms with Crippen LogP contribution >= 0.6 is 0 Å². The Morgan fingerprint density at radius 3 is 3.14 bits per heavy atom. The summed E-state index contributed by atoms with van der Waals surface area (Å²) in [5.41, 5.74) is 6.36. The van der Waals surface area contributed by atoms with Gasteiger partial charge in [0.15, 0.2) is 0 Å². The number of aryl methyl sites for hydroxylation is 1.